The van der Waals surface area contributed by atoms with Crippen LogP contribution in [0, 0.1) is 5.92 Å². The van der Waals surface area contributed by atoms with Crippen molar-refractivity contribution in [2.24, 2.45) is 5.92 Å². The highest BCUT2D eigenvalue weighted by Gasteiger charge is 2.45. The van der Waals surface area contributed by atoms with E-state index in [9.17, 15) is 9.18 Å². The van der Waals surface area contributed by atoms with E-state index >= 15 is 0 Å². The first-order chi connectivity index (χ1) is 6.75. The molecule has 1 fully saturated rings. The number of fused-ring (bicyclic) bond motifs is 1. The highest BCUT2D eigenvalue weighted by Crippen LogP contribution is 2.36. The van der Waals surface area contributed by atoms with Gasteiger partial charge in [-0.25, -0.2) is 14.1 Å². The molecule has 0 saturated heterocycles. The van der Waals surface area contributed by atoms with E-state index < -0.39 is 12.1 Å². The predicted molar refractivity (Wildman–Crippen MR) is 45.7 cm³/mol. The molecule has 1 saturated carbocycles. The van der Waals surface area contributed by atoms with Crippen molar-refractivity contribution < 1.29 is 9.18 Å². The highest BCUT2D eigenvalue weighted by molar-refractivity contribution is 5.96. The fourth-order valence-electron chi connectivity index (χ4n) is 1.83. The number of rotatable bonds is 2. The summed E-state index contributed by atoms with van der Waals surface area (Å²) in [6.45, 7) is 0.833. The summed E-state index contributed by atoms with van der Waals surface area (Å²) in [6, 6.07) is 0. The Labute approximate surface area is 80.1 Å². The Morgan fingerprint density at radius 1 is 1.57 bits per heavy atom. The zero-order chi connectivity index (χ0) is 9.71. The average Bonchev–Trinajstić information content (AvgIpc) is 2.62. The lowest BCUT2D eigenvalue weighted by Crippen LogP contribution is -2.07. The van der Waals surface area contributed by atoms with Gasteiger partial charge in [0.1, 0.15) is 12.0 Å². The molecule has 2 atom stereocenters. The van der Waals surface area contributed by atoms with Gasteiger partial charge >= 0.3 is 0 Å². The highest BCUT2D eigenvalue weighted by atomic mass is 19.1. The van der Waals surface area contributed by atoms with Crippen LogP contribution in [0.1, 0.15) is 29.3 Å². The quantitative estimate of drug-likeness (QED) is 0.655. The van der Waals surface area contributed by atoms with Gasteiger partial charge in [-0.3, -0.25) is 4.79 Å². The van der Waals surface area contributed by atoms with Crippen LogP contribution in [0.15, 0.2) is 0 Å². The molecule has 0 bridgehead atoms. The van der Waals surface area contributed by atoms with Crippen LogP contribution in [0.5, 0.6) is 0 Å². The first-order valence-electron chi connectivity index (χ1n) is 4.88. The van der Waals surface area contributed by atoms with Gasteiger partial charge in [0.15, 0.2) is 0 Å². The van der Waals surface area contributed by atoms with Crippen LogP contribution in [0.4, 0.5) is 4.39 Å². The van der Waals surface area contributed by atoms with Gasteiger partial charge in [0.2, 0.25) is 11.6 Å². The molecular weight excluding hydrogens is 185 g/mol. The third-order valence-corrected chi connectivity index (χ3v) is 2.79. The van der Waals surface area contributed by atoms with Crippen molar-refractivity contribution in [1.82, 2.24) is 14.8 Å². The average molecular weight is 195 g/mol. The molecule has 2 unspecified atom stereocenters. The standard InChI is InChI=1S/C9H10FN3O/c10-6-4-5(6)8(14)9-11-7-2-1-3-13(7)12-9/h5-6H,1-4H2. The van der Waals surface area contributed by atoms with E-state index in [1.165, 1.54) is 0 Å². The second kappa shape index (κ2) is 2.62. The summed E-state index contributed by atoms with van der Waals surface area (Å²) in [5.74, 6) is 0.395. The minimum absolute atomic E-state index is 0.213. The normalized spacial score (nSPS) is 28.9. The third kappa shape index (κ3) is 1.08. The van der Waals surface area contributed by atoms with Crippen molar-refractivity contribution in [1.29, 1.82) is 0 Å². The summed E-state index contributed by atoms with van der Waals surface area (Å²) in [5, 5.41) is 4.08. The number of nitrogens with zero attached hydrogens (tertiary/aromatic N) is 3. The zero-order valence-corrected chi connectivity index (χ0v) is 7.61. The van der Waals surface area contributed by atoms with E-state index in [-0.39, 0.29) is 11.6 Å². The monoisotopic (exact) mass is 195 g/mol. The minimum atomic E-state index is -0.958. The maximum Gasteiger partial charge on any atom is 0.217 e. The van der Waals surface area contributed by atoms with Gasteiger partial charge in [0, 0.05) is 13.0 Å². The number of halogens is 1. The Morgan fingerprint density at radius 3 is 3.00 bits per heavy atom. The van der Waals surface area contributed by atoms with Gasteiger partial charge in [-0.2, -0.15) is 0 Å². The molecule has 1 aliphatic carbocycles. The Bertz CT molecular complexity index is 379. The molecule has 0 aromatic carbocycles. The molecule has 0 radical (unpaired) electrons. The van der Waals surface area contributed by atoms with Gasteiger partial charge in [0.05, 0.1) is 5.92 Å². The number of alkyl halides is 1. The molecule has 1 aromatic rings. The lowest BCUT2D eigenvalue weighted by Gasteiger charge is -1.91. The number of ketones is 1. The number of aryl methyl sites for hydroxylation is 2. The zero-order valence-electron chi connectivity index (χ0n) is 7.61. The van der Waals surface area contributed by atoms with Crippen molar-refractivity contribution >= 4 is 5.78 Å². The van der Waals surface area contributed by atoms with Crippen molar-refractivity contribution in [2.45, 2.75) is 32.0 Å². The molecule has 14 heavy (non-hydrogen) atoms. The van der Waals surface area contributed by atoms with E-state index in [2.05, 4.69) is 10.1 Å². The molecule has 1 aromatic heterocycles. The third-order valence-electron chi connectivity index (χ3n) is 2.79. The number of hydrogen-bond donors (Lipinski definition) is 0. The summed E-state index contributed by atoms with van der Waals surface area (Å²) in [4.78, 5) is 15.7. The lowest BCUT2D eigenvalue weighted by molar-refractivity contribution is 0.0946. The van der Waals surface area contributed by atoms with Crippen molar-refractivity contribution in [3.63, 3.8) is 0 Å². The maximum atomic E-state index is 12.6. The van der Waals surface area contributed by atoms with Crippen LogP contribution in [0.25, 0.3) is 0 Å². The van der Waals surface area contributed by atoms with Crippen LogP contribution in [0.3, 0.4) is 0 Å². The van der Waals surface area contributed by atoms with Gasteiger partial charge < -0.3 is 0 Å². The maximum absolute atomic E-state index is 12.6. The molecule has 4 nitrogen and oxygen atoms in total. The minimum Gasteiger partial charge on any atom is -0.290 e. The largest absolute Gasteiger partial charge is 0.290 e. The Morgan fingerprint density at radius 2 is 2.36 bits per heavy atom. The van der Waals surface area contributed by atoms with E-state index in [0.29, 0.717) is 6.42 Å². The molecule has 0 N–H and O–H groups in total. The van der Waals surface area contributed by atoms with Gasteiger partial charge in [-0.15, -0.1) is 5.10 Å². The van der Waals surface area contributed by atoms with Crippen LogP contribution in [-0.4, -0.2) is 26.7 Å². The molecule has 1 aliphatic heterocycles. The Balaban J connectivity index is 1.86. The summed E-state index contributed by atoms with van der Waals surface area (Å²) < 4.78 is 14.4. The number of Topliss-reactive ketones (excluding diaryl/α,β-unsaturated/α-hetero) is 1. The second-order valence-corrected chi connectivity index (χ2v) is 3.90. The summed E-state index contributed by atoms with van der Waals surface area (Å²) in [5.41, 5.74) is 0. The predicted octanol–water partition coefficient (Wildman–Crippen LogP) is 0.765. The topological polar surface area (TPSA) is 47.8 Å². The first kappa shape index (κ1) is 8.08. The lowest BCUT2D eigenvalue weighted by atomic mass is 10.2. The van der Waals surface area contributed by atoms with Crippen LogP contribution in [0.2, 0.25) is 0 Å². The van der Waals surface area contributed by atoms with Crippen LogP contribution in [-0.2, 0) is 13.0 Å². The van der Waals surface area contributed by atoms with Crippen molar-refractivity contribution in [3.8, 4) is 0 Å². The van der Waals surface area contributed by atoms with E-state index in [1.807, 2.05) is 0 Å². The molecule has 3 rings (SSSR count). The summed E-state index contributed by atoms with van der Waals surface area (Å²) in [6.07, 6.45) is 1.31. The first-order valence-corrected chi connectivity index (χ1v) is 4.88. The van der Waals surface area contributed by atoms with Crippen molar-refractivity contribution in [3.05, 3.63) is 11.6 Å². The number of aromatic nitrogens is 3. The Kier molecular flexibility index (Phi) is 1.51. The number of hydrogen-bond acceptors (Lipinski definition) is 3. The second-order valence-electron chi connectivity index (χ2n) is 3.90. The molecule has 2 aliphatic rings. The molecule has 0 spiro atoms. The SMILES string of the molecule is O=C(c1nc2n(n1)CCC2)C1CC1F. The van der Waals surface area contributed by atoms with E-state index in [4.69, 9.17) is 0 Å². The Hall–Kier alpha value is -1.26. The van der Waals surface area contributed by atoms with E-state index in [0.717, 1.165) is 25.2 Å². The molecule has 2 heterocycles. The molecular formula is C9H10FN3O. The molecule has 0 amide bonds. The van der Waals surface area contributed by atoms with Crippen LogP contribution >= 0.6 is 0 Å². The smallest absolute Gasteiger partial charge is 0.217 e. The fourth-order valence-corrected chi connectivity index (χ4v) is 1.83. The number of carbonyl (C=O) groups excluding carboxylic acids is 1. The van der Waals surface area contributed by atoms with E-state index in [1.54, 1.807) is 4.68 Å². The summed E-state index contributed by atoms with van der Waals surface area (Å²) >= 11 is 0. The van der Waals surface area contributed by atoms with Gasteiger partial charge in [-0.05, 0) is 12.8 Å². The molecule has 5 heteroatoms. The summed E-state index contributed by atoms with van der Waals surface area (Å²) in [7, 11) is 0. The van der Waals surface area contributed by atoms with Gasteiger partial charge in [0.25, 0.3) is 0 Å². The van der Waals surface area contributed by atoms with Gasteiger partial charge in [-0.1, -0.05) is 0 Å². The molecule has 74 valence electrons. The fraction of sp³-hybridized carbons (Fsp3) is 0.667. The van der Waals surface area contributed by atoms with Crippen LogP contribution < -0.4 is 0 Å². The van der Waals surface area contributed by atoms with Crippen molar-refractivity contribution in [2.75, 3.05) is 0 Å². The number of carbonyl (C=O) groups is 1.